The van der Waals surface area contributed by atoms with Gasteiger partial charge < -0.3 is 9.64 Å². The first-order valence-corrected chi connectivity index (χ1v) is 7.90. The smallest absolute Gasteiger partial charge is 0.233 e. The summed E-state index contributed by atoms with van der Waals surface area (Å²) in [5.74, 6) is 1.59. The lowest BCUT2D eigenvalue weighted by molar-refractivity contribution is 0.195. The Hall–Kier alpha value is -2.28. The first-order chi connectivity index (χ1) is 11.2. The van der Waals surface area contributed by atoms with Crippen LogP contribution in [0.3, 0.4) is 0 Å². The second kappa shape index (κ2) is 7.32. The summed E-state index contributed by atoms with van der Waals surface area (Å²) in [6, 6.07) is 3.77. The molecule has 1 aliphatic rings. The topological polar surface area (TPSA) is 67.3 Å². The number of ether oxygens (including phenoxy) is 1. The Balaban J connectivity index is 1.43. The van der Waals surface area contributed by atoms with Gasteiger partial charge in [0.1, 0.15) is 12.4 Å². The van der Waals surface area contributed by atoms with E-state index in [1.165, 1.54) is 0 Å². The van der Waals surface area contributed by atoms with Crippen molar-refractivity contribution < 1.29 is 4.74 Å². The summed E-state index contributed by atoms with van der Waals surface area (Å²) in [6.07, 6.45) is 3.49. The van der Waals surface area contributed by atoms with E-state index in [0.29, 0.717) is 12.5 Å². The van der Waals surface area contributed by atoms with Gasteiger partial charge in [0.15, 0.2) is 0 Å². The van der Waals surface area contributed by atoms with Crippen molar-refractivity contribution in [2.24, 2.45) is 0 Å². The Morgan fingerprint density at radius 2 is 1.78 bits per heavy atom. The Bertz CT molecular complexity index is 625. The molecule has 2 aromatic rings. The summed E-state index contributed by atoms with van der Waals surface area (Å²) in [6.45, 7) is 9.36. The molecule has 0 amide bonds. The van der Waals surface area contributed by atoms with Crippen molar-refractivity contribution in [2.45, 2.75) is 13.8 Å². The van der Waals surface area contributed by atoms with Gasteiger partial charge in [0.25, 0.3) is 0 Å². The average molecular weight is 314 g/mol. The highest BCUT2D eigenvalue weighted by Gasteiger charge is 2.19. The summed E-state index contributed by atoms with van der Waals surface area (Å²) < 4.78 is 5.64. The van der Waals surface area contributed by atoms with E-state index in [0.717, 1.165) is 49.9 Å². The number of aromatic nitrogens is 4. The van der Waals surface area contributed by atoms with Crippen molar-refractivity contribution in [2.75, 3.05) is 44.2 Å². The largest absolute Gasteiger partial charge is 0.475 e. The van der Waals surface area contributed by atoms with Crippen LogP contribution in [0, 0.1) is 13.8 Å². The van der Waals surface area contributed by atoms with Crippen molar-refractivity contribution >= 4 is 5.82 Å². The summed E-state index contributed by atoms with van der Waals surface area (Å²) in [4.78, 5) is 13.4. The van der Waals surface area contributed by atoms with Crippen LogP contribution in [0.1, 0.15) is 11.4 Å². The molecular weight excluding hydrogens is 292 g/mol. The van der Waals surface area contributed by atoms with Crippen LogP contribution in [-0.4, -0.2) is 64.4 Å². The van der Waals surface area contributed by atoms with Gasteiger partial charge in [-0.2, -0.15) is 5.10 Å². The summed E-state index contributed by atoms with van der Waals surface area (Å²) in [5.41, 5.74) is 1.88. The van der Waals surface area contributed by atoms with Crippen LogP contribution in [-0.2, 0) is 0 Å². The molecule has 0 spiro atoms. The zero-order chi connectivity index (χ0) is 16.1. The van der Waals surface area contributed by atoms with Crippen molar-refractivity contribution in [3.05, 3.63) is 35.9 Å². The van der Waals surface area contributed by atoms with Crippen molar-refractivity contribution in [1.29, 1.82) is 0 Å². The normalized spacial score (nSPS) is 15.7. The number of anilines is 1. The predicted molar refractivity (Wildman–Crippen MR) is 87.7 cm³/mol. The Morgan fingerprint density at radius 3 is 2.48 bits per heavy atom. The molecule has 3 heterocycles. The molecule has 0 saturated carbocycles. The van der Waals surface area contributed by atoms with E-state index >= 15 is 0 Å². The van der Waals surface area contributed by atoms with Crippen molar-refractivity contribution in [1.82, 2.24) is 25.1 Å². The predicted octanol–water partition coefficient (Wildman–Crippen LogP) is 1.08. The number of piperazine rings is 1. The Morgan fingerprint density at radius 1 is 1.00 bits per heavy atom. The third-order valence-electron chi connectivity index (χ3n) is 3.96. The van der Waals surface area contributed by atoms with Gasteiger partial charge in [-0.25, -0.2) is 4.98 Å². The molecule has 0 atom stereocenters. The molecule has 1 aliphatic heterocycles. The van der Waals surface area contributed by atoms with Crippen LogP contribution in [0.15, 0.2) is 24.5 Å². The van der Waals surface area contributed by atoms with Crippen LogP contribution >= 0.6 is 0 Å². The Labute approximate surface area is 136 Å². The minimum Gasteiger partial charge on any atom is -0.475 e. The van der Waals surface area contributed by atoms with Crippen molar-refractivity contribution in [3.8, 4) is 5.88 Å². The van der Waals surface area contributed by atoms with Gasteiger partial charge in [0.05, 0.1) is 11.4 Å². The summed E-state index contributed by atoms with van der Waals surface area (Å²) >= 11 is 0. The molecule has 3 rings (SSSR count). The molecule has 0 aromatic carbocycles. The molecule has 7 nitrogen and oxygen atoms in total. The third-order valence-corrected chi connectivity index (χ3v) is 3.96. The van der Waals surface area contributed by atoms with E-state index in [2.05, 4.69) is 30.0 Å². The number of rotatable bonds is 5. The van der Waals surface area contributed by atoms with Crippen LogP contribution in [0.25, 0.3) is 0 Å². The van der Waals surface area contributed by atoms with Crippen LogP contribution < -0.4 is 9.64 Å². The van der Waals surface area contributed by atoms with Crippen LogP contribution in [0.5, 0.6) is 5.88 Å². The molecular formula is C16H22N6O. The molecule has 23 heavy (non-hydrogen) atoms. The lowest BCUT2D eigenvalue weighted by atomic mass is 10.3. The zero-order valence-electron chi connectivity index (χ0n) is 13.6. The second-order valence-electron chi connectivity index (χ2n) is 5.66. The van der Waals surface area contributed by atoms with Gasteiger partial charge in [-0.15, -0.1) is 5.10 Å². The molecule has 122 valence electrons. The molecule has 1 fully saturated rings. The highest BCUT2D eigenvalue weighted by molar-refractivity contribution is 5.42. The lowest BCUT2D eigenvalue weighted by Crippen LogP contribution is -2.48. The van der Waals surface area contributed by atoms with Gasteiger partial charge in [0, 0.05) is 51.2 Å². The molecule has 7 heteroatoms. The number of aryl methyl sites for hydroxylation is 2. The van der Waals surface area contributed by atoms with E-state index in [1.54, 1.807) is 12.4 Å². The van der Waals surface area contributed by atoms with Crippen LogP contribution in [0.2, 0.25) is 0 Å². The minimum atomic E-state index is 0.587. The van der Waals surface area contributed by atoms with Gasteiger partial charge >= 0.3 is 0 Å². The van der Waals surface area contributed by atoms with E-state index in [4.69, 9.17) is 4.74 Å². The lowest BCUT2D eigenvalue weighted by Gasteiger charge is -2.35. The highest BCUT2D eigenvalue weighted by Crippen LogP contribution is 2.15. The molecule has 0 unspecified atom stereocenters. The fourth-order valence-corrected chi connectivity index (χ4v) is 2.64. The van der Waals surface area contributed by atoms with E-state index in [9.17, 15) is 0 Å². The molecule has 1 saturated heterocycles. The molecule has 2 aromatic heterocycles. The van der Waals surface area contributed by atoms with Gasteiger partial charge in [0.2, 0.25) is 5.88 Å². The first-order valence-electron chi connectivity index (χ1n) is 7.90. The average Bonchev–Trinajstić information content (AvgIpc) is 2.58. The maximum Gasteiger partial charge on any atom is 0.233 e. The molecule has 0 bridgehead atoms. The monoisotopic (exact) mass is 314 g/mol. The van der Waals surface area contributed by atoms with Gasteiger partial charge in [-0.1, -0.05) is 0 Å². The SMILES string of the molecule is Cc1ccc(OCCN2CCN(c3nccnc3C)CC2)nn1. The molecule has 0 N–H and O–H groups in total. The fraction of sp³-hybridized carbons (Fsp3) is 0.500. The van der Waals surface area contributed by atoms with Gasteiger partial charge in [-0.3, -0.25) is 9.88 Å². The molecule has 0 aliphatic carbocycles. The highest BCUT2D eigenvalue weighted by atomic mass is 16.5. The second-order valence-corrected chi connectivity index (χ2v) is 5.66. The van der Waals surface area contributed by atoms with E-state index in [-0.39, 0.29) is 0 Å². The standard InChI is InChI=1S/C16H22N6O/c1-13-3-4-15(20-19-13)23-12-11-21-7-9-22(10-8-21)16-14(2)17-5-6-18-16/h3-6H,7-12H2,1-2H3. The minimum absolute atomic E-state index is 0.587. The quantitative estimate of drug-likeness (QED) is 0.818. The first kappa shape index (κ1) is 15.6. The number of hydrogen-bond donors (Lipinski definition) is 0. The summed E-state index contributed by atoms with van der Waals surface area (Å²) in [7, 11) is 0. The van der Waals surface area contributed by atoms with Crippen LogP contribution in [0.4, 0.5) is 5.82 Å². The third kappa shape index (κ3) is 4.13. The summed E-state index contributed by atoms with van der Waals surface area (Å²) in [5, 5.41) is 8.00. The number of nitrogens with zero attached hydrogens (tertiary/aromatic N) is 6. The maximum atomic E-state index is 5.64. The zero-order valence-corrected chi connectivity index (χ0v) is 13.6. The van der Waals surface area contributed by atoms with E-state index < -0.39 is 0 Å². The van der Waals surface area contributed by atoms with Crippen molar-refractivity contribution in [3.63, 3.8) is 0 Å². The van der Waals surface area contributed by atoms with E-state index in [1.807, 2.05) is 26.0 Å². The Kier molecular flexibility index (Phi) is 4.97. The number of hydrogen-bond acceptors (Lipinski definition) is 7. The maximum absolute atomic E-state index is 5.64. The fourth-order valence-electron chi connectivity index (χ4n) is 2.64. The molecule has 0 radical (unpaired) electrons. The van der Waals surface area contributed by atoms with Gasteiger partial charge in [-0.05, 0) is 19.9 Å².